The summed E-state index contributed by atoms with van der Waals surface area (Å²) in [5.74, 6) is 0.573. The summed E-state index contributed by atoms with van der Waals surface area (Å²) < 4.78 is 1.42. The fraction of sp³-hybridized carbons (Fsp3) is 0.327. The second-order valence-corrected chi connectivity index (χ2v) is 17.7. The van der Waals surface area contributed by atoms with Crippen molar-refractivity contribution in [1.29, 1.82) is 0 Å². The van der Waals surface area contributed by atoms with Crippen LogP contribution in [0.5, 0.6) is 0 Å². The second-order valence-electron chi connectivity index (χ2n) is 16.5. The van der Waals surface area contributed by atoms with Gasteiger partial charge in [-0.3, -0.25) is 12.2 Å². The van der Waals surface area contributed by atoms with Crippen LogP contribution < -0.4 is 24.8 Å². The first-order chi connectivity index (χ1) is 23.6. The van der Waals surface area contributed by atoms with E-state index in [0.29, 0.717) is 11.3 Å². The molecule has 0 nitrogen and oxygen atoms in total. The van der Waals surface area contributed by atoms with Gasteiger partial charge in [-0.15, -0.1) is 11.6 Å². The molecule has 8 rings (SSSR count). The molecule has 0 saturated heterocycles. The van der Waals surface area contributed by atoms with Crippen LogP contribution in [0.3, 0.4) is 0 Å². The van der Waals surface area contributed by atoms with E-state index in [4.69, 9.17) is 0 Å². The Morgan fingerprint density at radius 3 is 1.75 bits per heavy atom. The summed E-state index contributed by atoms with van der Waals surface area (Å²) in [4.78, 5) is 0. The quantitative estimate of drug-likeness (QED) is 0.180. The molecule has 0 aliphatic heterocycles. The van der Waals surface area contributed by atoms with E-state index in [0.717, 1.165) is 6.42 Å². The first-order valence-corrected chi connectivity index (χ1v) is 19.5. The van der Waals surface area contributed by atoms with Crippen molar-refractivity contribution in [2.45, 2.75) is 92.9 Å². The molecule has 52 heavy (non-hydrogen) atoms. The molecular weight excluding hydrogens is 751 g/mol. The zero-order chi connectivity index (χ0) is 36.0. The molecule has 0 radical (unpaired) electrons. The Bertz CT molecular complexity index is 1940. The van der Waals surface area contributed by atoms with Crippen LogP contribution in [0.4, 0.5) is 0 Å². The van der Waals surface area contributed by atoms with E-state index in [1.165, 1.54) is 106 Å². The number of rotatable bonds is 3. The van der Waals surface area contributed by atoms with Gasteiger partial charge in [0.05, 0.1) is 0 Å². The molecule has 4 aromatic carbocycles. The van der Waals surface area contributed by atoms with Gasteiger partial charge in [0.2, 0.25) is 0 Å². The fourth-order valence-corrected chi connectivity index (χ4v) is 8.68. The Hall–Kier alpha value is -2.83. The second kappa shape index (κ2) is 16.3. The van der Waals surface area contributed by atoms with E-state index in [-0.39, 0.29) is 35.6 Å². The Labute approximate surface area is 341 Å². The van der Waals surface area contributed by atoms with Crippen molar-refractivity contribution in [2.24, 2.45) is 11.3 Å². The maximum atomic E-state index is 3.65. The normalized spacial score (nSPS) is 17.6. The van der Waals surface area contributed by atoms with Crippen LogP contribution in [0.2, 0.25) is 0 Å². The van der Waals surface area contributed by atoms with Crippen molar-refractivity contribution in [3.63, 3.8) is 0 Å². The first-order valence-electron chi connectivity index (χ1n) is 18.3. The number of benzene rings is 4. The number of hydrogen-bond donors (Lipinski definition) is 0. The van der Waals surface area contributed by atoms with Crippen LogP contribution in [0, 0.1) is 23.5 Å². The van der Waals surface area contributed by atoms with Gasteiger partial charge in [0.1, 0.15) is 0 Å². The molecule has 0 aromatic heterocycles. The molecule has 0 N–H and O–H groups in total. The van der Waals surface area contributed by atoms with E-state index in [1.807, 2.05) is 0 Å². The monoisotopic (exact) mass is 800 g/mol. The molecule has 0 heterocycles. The number of allylic oxidation sites excluding steroid dienone is 8. The number of hydrogen-bond acceptors (Lipinski definition) is 0. The number of fused-ring (bicyclic) bond motifs is 5. The predicted molar refractivity (Wildman–Crippen MR) is 212 cm³/mol. The fourth-order valence-electron chi connectivity index (χ4n) is 7.86. The Morgan fingerprint density at radius 2 is 1.27 bits per heavy atom. The summed E-state index contributed by atoms with van der Waals surface area (Å²) >= 11 is 1.46. The topological polar surface area (TPSA) is 0 Å². The minimum absolute atomic E-state index is 0. The van der Waals surface area contributed by atoms with E-state index in [2.05, 4.69) is 185 Å². The van der Waals surface area contributed by atoms with E-state index >= 15 is 0 Å². The van der Waals surface area contributed by atoms with Gasteiger partial charge in [-0.05, 0) is 58.4 Å². The van der Waals surface area contributed by atoms with Gasteiger partial charge in [0.25, 0.3) is 0 Å². The third-order valence-electron chi connectivity index (χ3n) is 10.7. The standard InChI is InChI=1S/C25H25.C13H10.C11H17.2ClH.Zr/c1-14-12-24(3,4)22-8-16-7-17-9-23-19(15(2)13-25(23,5)6)11-21(17)20(16)10-18(14)22;1-3-7-12(8-4-1)11-13-9-5-2-6-10-13;1-5-9-6-7-10(8-9)11(2,3)4;;;/h8-12H,7H2,1-6H3;1-10H;7-9H,5H2,1-4H3;2*1H;/q-1;;-1;;;+2/p-2. The van der Waals surface area contributed by atoms with Crippen molar-refractivity contribution in [3.05, 3.63) is 165 Å². The molecule has 4 aliphatic carbocycles. The summed E-state index contributed by atoms with van der Waals surface area (Å²) in [6.45, 7) is 22.6. The van der Waals surface area contributed by atoms with Crippen molar-refractivity contribution in [2.75, 3.05) is 0 Å². The van der Waals surface area contributed by atoms with Crippen molar-refractivity contribution < 1.29 is 49.0 Å². The summed E-state index contributed by atoms with van der Waals surface area (Å²) in [5, 5.41) is 0. The summed E-state index contributed by atoms with van der Waals surface area (Å²) in [5.41, 5.74) is 18.9. The zero-order valence-corrected chi connectivity index (χ0v) is 36.5. The molecular formula is C49H52Cl2Zr-2. The molecule has 4 aliphatic rings. The van der Waals surface area contributed by atoms with Crippen molar-refractivity contribution >= 4 is 14.4 Å². The van der Waals surface area contributed by atoms with Gasteiger partial charge in [-0.25, -0.2) is 11.6 Å². The maximum absolute atomic E-state index is 3.65. The van der Waals surface area contributed by atoms with E-state index in [9.17, 15) is 0 Å². The number of halogens is 2. The first kappa shape index (κ1) is 41.9. The molecule has 0 bridgehead atoms. The van der Waals surface area contributed by atoms with Crippen molar-refractivity contribution in [1.82, 2.24) is 0 Å². The molecule has 0 spiro atoms. The van der Waals surface area contributed by atoms with Gasteiger partial charge >= 0.3 is 99.2 Å². The molecule has 1 unspecified atom stereocenters. The molecule has 0 saturated carbocycles. The van der Waals surface area contributed by atoms with Crippen LogP contribution in [0.15, 0.2) is 109 Å². The van der Waals surface area contributed by atoms with Crippen LogP contribution in [-0.2, 0) is 41.5 Å². The third kappa shape index (κ3) is 8.59. The summed E-state index contributed by atoms with van der Waals surface area (Å²) in [6, 6.07) is 30.9. The van der Waals surface area contributed by atoms with Gasteiger partial charge < -0.3 is 24.8 Å². The zero-order valence-electron chi connectivity index (χ0n) is 32.6. The van der Waals surface area contributed by atoms with Gasteiger partial charge in [0, 0.05) is 5.41 Å². The molecule has 3 heteroatoms. The molecule has 0 amide bonds. The Morgan fingerprint density at radius 1 is 0.750 bits per heavy atom. The SMILES string of the molecule is CC1=[C-]C(C)(C)c2cc3c(cc21)-c1cc2c(cc1C3)C(C)(C)C=C2C.CCC1[C-]=CC(C(C)(C)C)=C1.[Cl-].[Cl-].[Zr+2]=[C](c1ccccc1)c1ccccc1. The van der Waals surface area contributed by atoms with Crippen LogP contribution in [-0.4, -0.2) is 3.21 Å². The molecule has 4 aromatic rings. The summed E-state index contributed by atoms with van der Waals surface area (Å²) in [7, 11) is 0. The minimum atomic E-state index is 0. The summed E-state index contributed by atoms with van der Waals surface area (Å²) in [6.07, 6.45) is 16.1. The van der Waals surface area contributed by atoms with Crippen LogP contribution in [0.25, 0.3) is 22.3 Å². The van der Waals surface area contributed by atoms with E-state index < -0.39 is 0 Å². The van der Waals surface area contributed by atoms with Gasteiger partial charge in [0.15, 0.2) is 0 Å². The average Bonchev–Trinajstić information content (AvgIpc) is 3.82. The predicted octanol–water partition coefficient (Wildman–Crippen LogP) is 6.62. The van der Waals surface area contributed by atoms with Gasteiger partial charge in [-0.2, -0.15) is 17.2 Å². The van der Waals surface area contributed by atoms with Crippen LogP contribution >= 0.6 is 0 Å². The van der Waals surface area contributed by atoms with Crippen LogP contribution in [0.1, 0.15) is 120 Å². The average molecular weight is 803 g/mol. The molecule has 0 fully saturated rings. The molecule has 1 atom stereocenters. The van der Waals surface area contributed by atoms with E-state index in [1.54, 1.807) is 0 Å². The molecule has 268 valence electrons. The van der Waals surface area contributed by atoms with Crippen molar-refractivity contribution in [3.8, 4) is 11.1 Å². The Balaban J connectivity index is 0.000000191. The third-order valence-corrected chi connectivity index (χ3v) is 12.1. The Kier molecular flexibility index (Phi) is 13.1. The van der Waals surface area contributed by atoms with Gasteiger partial charge in [-0.1, -0.05) is 104 Å².